The Hall–Kier alpha value is -1.92. The summed E-state index contributed by atoms with van der Waals surface area (Å²) in [4.78, 5) is 0. The smallest absolute Gasteiger partial charge is 0.165 e. The molecule has 5 rings (SSSR count). The molecular weight excluding hydrogens is 456 g/mol. The number of ether oxygens (including phenoxy) is 2. The molecule has 1 heterocycles. The van der Waals surface area contributed by atoms with Gasteiger partial charge in [0, 0.05) is 11.1 Å². The minimum absolute atomic E-state index is 0.0139. The third-order valence-corrected chi connectivity index (χ3v) is 8.47. The summed E-state index contributed by atoms with van der Waals surface area (Å²) in [5, 5.41) is 0. The van der Waals surface area contributed by atoms with Crippen LogP contribution in [-0.2, 0) is 16.1 Å². The van der Waals surface area contributed by atoms with E-state index in [1.807, 2.05) is 0 Å². The molecule has 35 heavy (non-hydrogen) atoms. The average molecular weight is 491 g/mol. The Labute approximate surface area is 205 Å². The first-order valence-electron chi connectivity index (χ1n) is 13.1. The van der Waals surface area contributed by atoms with E-state index in [-0.39, 0.29) is 41.8 Å². The third kappa shape index (κ3) is 5.29. The van der Waals surface area contributed by atoms with E-state index >= 15 is 0 Å². The molecule has 0 spiro atoms. The molecule has 3 fully saturated rings. The van der Waals surface area contributed by atoms with Gasteiger partial charge in [0.15, 0.2) is 23.3 Å². The van der Waals surface area contributed by atoms with E-state index in [0.29, 0.717) is 49.3 Å². The second-order valence-electron chi connectivity index (χ2n) is 10.5. The first-order valence-corrected chi connectivity index (χ1v) is 13.1. The van der Waals surface area contributed by atoms with Crippen molar-refractivity contribution in [3.05, 3.63) is 69.8 Å². The zero-order chi connectivity index (χ0) is 24.5. The predicted molar refractivity (Wildman–Crippen MR) is 126 cm³/mol. The van der Waals surface area contributed by atoms with Crippen LogP contribution >= 0.6 is 0 Å². The zero-order valence-electron chi connectivity index (χ0n) is 20.3. The molecule has 2 nitrogen and oxygen atoms in total. The lowest BCUT2D eigenvalue weighted by molar-refractivity contribution is 0.0116. The number of hydrogen-bond donors (Lipinski definition) is 0. The van der Waals surface area contributed by atoms with Gasteiger partial charge in [-0.25, -0.2) is 17.6 Å². The van der Waals surface area contributed by atoms with Crippen molar-refractivity contribution in [2.24, 2.45) is 5.92 Å². The van der Waals surface area contributed by atoms with Gasteiger partial charge in [0.05, 0.1) is 19.3 Å². The number of hydrogen-bond acceptors (Lipinski definition) is 2. The first kappa shape index (κ1) is 24.8. The van der Waals surface area contributed by atoms with Crippen LogP contribution in [0.4, 0.5) is 17.6 Å². The van der Waals surface area contributed by atoms with Gasteiger partial charge in [0.1, 0.15) is 6.10 Å². The van der Waals surface area contributed by atoms with Gasteiger partial charge < -0.3 is 9.47 Å². The molecule has 0 bridgehead atoms. The van der Waals surface area contributed by atoms with Crippen LogP contribution in [0.2, 0.25) is 0 Å². The Bertz CT molecular complexity index is 1040. The maximum Gasteiger partial charge on any atom is 0.165 e. The van der Waals surface area contributed by atoms with Gasteiger partial charge in [0.2, 0.25) is 0 Å². The fraction of sp³-hybridized carbons (Fsp3) is 0.586. The lowest BCUT2D eigenvalue weighted by Gasteiger charge is -2.30. The number of epoxide rings is 1. The SMILES string of the molecule is CCC1CCC(c2ccc(COC3CCC(c4ccc(C5CO5)c(F)c4F)CC3)c(F)c2F)CC1. The zero-order valence-corrected chi connectivity index (χ0v) is 20.3. The van der Waals surface area contributed by atoms with Crippen LogP contribution in [0.15, 0.2) is 24.3 Å². The second kappa shape index (κ2) is 10.6. The molecule has 6 heteroatoms. The summed E-state index contributed by atoms with van der Waals surface area (Å²) in [5.74, 6) is -2.39. The van der Waals surface area contributed by atoms with Crippen molar-refractivity contribution >= 4 is 0 Å². The Morgan fingerprint density at radius 3 is 1.83 bits per heavy atom. The molecule has 3 aliphatic rings. The summed E-state index contributed by atoms with van der Waals surface area (Å²) < 4.78 is 69.8. The minimum Gasteiger partial charge on any atom is -0.373 e. The van der Waals surface area contributed by atoms with Gasteiger partial charge in [-0.1, -0.05) is 37.6 Å². The van der Waals surface area contributed by atoms with Crippen LogP contribution in [-0.4, -0.2) is 12.7 Å². The first-order chi connectivity index (χ1) is 17.0. The number of rotatable bonds is 7. The summed E-state index contributed by atoms with van der Waals surface area (Å²) in [6, 6.07) is 6.70. The lowest BCUT2D eigenvalue weighted by Crippen LogP contribution is -2.22. The van der Waals surface area contributed by atoms with Gasteiger partial charge in [-0.3, -0.25) is 0 Å². The molecule has 2 saturated carbocycles. The molecular formula is C29H34F4O2. The Balaban J connectivity index is 1.15. The van der Waals surface area contributed by atoms with Crippen molar-refractivity contribution in [1.82, 2.24) is 0 Å². The monoisotopic (exact) mass is 490 g/mol. The highest BCUT2D eigenvalue weighted by Crippen LogP contribution is 2.41. The Morgan fingerprint density at radius 2 is 1.23 bits per heavy atom. The van der Waals surface area contributed by atoms with E-state index < -0.39 is 23.3 Å². The molecule has 1 saturated heterocycles. The van der Waals surface area contributed by atoms with Gasteiger partial charge in [-0.05, 0) is 80.2 Å². The molecule has 1 atom stereocenters. The number of halogens is 4. The summed E-state index contributed by atoms with van der Waals surface area (Å²) in [7, 11) is 0. The Morgan fingerprint density at radius 1 is 0.714 bits per heavy atom. The lowest BCUT2D eigenvalue weighted by atomic mass is 9.77. The van der Waals surface area contributed by atoms with E-state index in [1.165, 1.54) is 0 Å². The standard InChI is InChI=1S/C29H34F4O2/c1-2-17-3-5-18(6-4-17)22-12-9-20(26(30)27(22)31)15-34-21-10-7-19(8-11-21)23-13-14-24(25-16-35-25)29(33)28(23)32/h9,12-14,17-19,21,25H,2-8,10-11,15-16H2,1H3. The molecule has 0 amide bonds. The van der Waals surface area contributed by atoms with E-state index in [4.69, 9.17) is 9.47 Å². The van der Waals surface area contributed by atoms with Crippen molar-refractivity contribution < 1.29 is 27.0 Å². The van der Waals surface area contributed by atoms with Crippen LogP contribution in [0.25, 0.3) is 0 Å². The summed E-state index contributed by atoms with van der Waals surface area (Å²) in [5.41, 5.74) is 1.43. The predicted octanol–water partition coefficient (Wildman–Crippen LogP) is 8.24. The summed E-state index contributed by atoms with van der Waals surface area (Å²) in [6.45, 7) is 2.64. The van der Waals surface area contributed by atoms with Gasteiger partial charge in [-0.2, -0.15) is 0 Å². The average Bonchev–Trinajstić information content (AvgIpc) is 3.72. The van der Waals surface area contributed by atoms with E-state index in [0.717, 1.165) is 32.1 Å². The van der Waals surface area contributed by atoms with E-state index in [2.05, 4.69) is 6.92 Å². The molecule has 1 unspecified atom stereocenters. The molecule has 0 N–H and O–H groups in total. The van der Waals surface area contributed by atoms with Crippen molar-refractivity contribution in [3.8, 4) is 0 Å². The Kier molecular flexibility index (Phi) is 7.50. The van der Waals surface area contributed by atoms with Crippen molar-refractivity contribution in [1.29, 1.82) is 0 Å². The fourth-order valence-electron chi connectivity index (χ4n) is 6.03. The quantitative estimate of drug-likeness (QED) is 0.288. The van der Waals surface area contributed by atoms with Gasteiger partial charge in [0.25, 0.3) is 0 Å². The van der Waals surface area contributed by atoms with Gasteiger partial charge >= 0.3 is 0 Å². The fourth-order valence-corrected chi connectivity index (χ4v) is 6.03. The molecule has 0 radical (unpaired) electrons. The molecule has 2 aliphatic carbocycles. The molecule has 190 valence electrons. The van der Waals surface area contributed by atoms with Gasteiger partial charge in [-0.15, -0.1) is 0 Å². The van der Waals surface area contributed by atoms with Crippen molar-refractivity contribution in [2.75, 3.05) is 6.61 Å². The molecule has 2 aromatic rings. The van der Waals surface area contributed by atoms with Crippen LogP contribution < -0.4 is 0 Å². The topological polar surface area (TPSA) is 21.8 Å². The summed E-state index contributed by atoms with van der Waals surface area (Å²) in [6.07, 6.45) is 7.36. The van der Waals surface area contributed by atoms with Crippen molar-refractivity contribution in [2.45, 2.75) is 95.4 Å². The second-order valence-corrected chi connectivity index (χ2v) is 10.5. The molecule has 2 aromatic carbocycles. The normalized spacial score (nSPS) is 28.8. The van der Waals surface area contributed by atoms with Crippen molar-refractivity contribution in [3.63, 3.8) is 0 Å². The highest BCUT2D eigenvalue weighted by molar-refractivity contribution is 5.32. The van der Waals surface area contributed by atoms with Crippen LogP contribution in [0, 0.1) is 29.2 Å². The summed E-state index contributed by atoms with van der Waals surface area (Å²) >= 11 is 0. The van der Waals surface area contributed by atoms with E-state index in [9.17, 15) is 17.6 Å². The highest BCUT2D eigenvalue weighted by Gasteiger charge is 2.32. The van der Waals surface area contributed by atoms with E-state index in [1.54, 1.807) is 24.3 Å². The maximum atomic E-state index is 14.9. The highest BCUT2D eigenvalue weighted by atomic mass is 19.2. The molecule has 1 aliphatic heterocycles. The minimum atomic E-state index is -0.803. The maximum absolute atomic E-state index is 14.9. The number of benzene rings is 2. The van der Waals surface area contributed by atoms with Crippen LogP contribution in [0.1, 0.15) is 105 Å². The largest absolute Gasteiger partial charge is 0.373 e. The van der Waals surface area contributed by atoms with Crippen LogP contribution in [0.5, 0.6) is 0 Å². The third-order valence-electron chi connectivity index (χ3n) is 8.47. The van der Waals surface area contributed by atoms with Crippen LogP contribution in [0.3, 0.4) is 0 Å². The molecule has 0 aromatic heterocycles.